The van der Waals surface area contributed by atoms with E-state index in [1.54, 1.807) is 0 Å². The van der Waals surface area contributed by atoms with Crippen LogP contribution >= 0.6 is 0 Å². The molecule has 5 heteroatoms. The van der Waals surface area contributed by atoms with E-state index in [4.69, 9.17) is 0 Å². The quantitative estimate of drug-likeness (QED) is 0.910. The summed E-state index contributed by atoms with van der Waals surface area (Å²) in [5.41, 5.74) is 3.95. The first kappa shape index (κ1) is 18.4. The van der Waals surface area contributed by atoms with Crippen LogP contribution in [0.15, 0.2) is 42.5 Å². The van der Waals surface area contributed by atoms with Gasteiger partial charge in [0.15, 0.2) is 0 Å². The molecule has 1 aromatic heterocycles. The van der Waals surface area contributed by atoms with Gasteiger partial charge >= 0.3 is 6.03 Å². The van der Waals surface area contributed by atoms with Gasteiger partial charge < -0.3 is 10.2 Å². The van der Waals surface area contributed by atoms with E-state index >= 15 is 0 Å². The third-order valence-electron chi connectivity index (χ3n) is 5.00. The number of hydrogen-bond acceptors (Lipinski definition) is 3. The Labute approximate surface area is 157 Å². The molecular weight excluding hydrogens is 324 g/mol. The number of likely N-dealkylation sites (N-methyl/N-ethyl adjacent to an activating group) is 1. The number of anilines is 1. The second-order valence-corrected chi connectivity index (χ2v) is 7.87. The first-order valence-electron chi connectivity index (χ1n) is 9.04. The van der Waals surface area contributed by atoms with E-state index in [0.717, 1.165) is 17.1 Å². The van der Waals surface area contributed by atoms with Crippen molar-refractivity contribution in [1.82, 2.24) is 15.2 Å². The molecule has 0 unspecified atom stereocenters. The minimum atomic E-state index is -0.140. The Morgan fingerprint density at radius 1 is 1.27 bits per heavy atom. The lowest BCUT2D eigenvalue weighted by Crippen LogP contribution is -2.44. The topological polar surface area (TPSA) is 48.5 Å². The zero-order chi connectivity index (χ0) is 18.9. The molecule has 1 atom stereocenters. The van der Waals surface area contributed by atoms with Crippen molar-refractivity contribution in [2.24, 2.45) is 0 Å². The minimum absolute atomic E-state index is 0. The molecule has 5 nitrogen and oxygen atoms in total. The molecule has 2 aromatic rings. The summed E-state index contributed by atoms with van der Waals surface area (Å²) in [6.45, 7) is 7.46. The van der Waals surface area contributed by atoms with Gasteiger partial charge in [-0.25, -0.2) is 4.79 Å². The summed E-state index contributed by atoms with van der Waals surface area (Å²) in [5, 5.41) is 3.12. The lowest BCUT2D eigenvalue weighted by molar-refractivity contribution is 0.237. The number of amides is 2. The number of aromatic nitrogens is 1. The first-order valence-corrected chi connectivity index (χ1v) is 9.04. The average Bonchev–Trinajstić information content (AvgIpc) is 2.86. The Hall–Kier alpha value is -2.40. The van der Waals surface area contributed by atoms with Crippen molar-refractivity contribution >= 4 is 11.7 Å². The number of carbonyl (C=O) groups is 1. The van der Waals surface area contributed by atoms with Gasteiger partial charge in [-0.15, -0.1) is 0 Å². The van der Waals surface area contributed by atoms with Crippen molar-refractivity contribution in [3.63, 3.8) is 0 Å². The fourth-order valence-corrected chi connectivity index (χ4v) is 3.55. The van der Waals surface area contributed by atoms with Crippen LogP contribution in [0.25, 0.3) is 0 Å². The number of aryl methyl sites for hydroxylation is 1. The smallest absolute Gasteiger partial charge is 0.322 e. The van der Waals surface area contributed by atoms with Gasteiger partial charge in [-0.05, 0) is 38.7 Å². The van der Waals surface area contributed by atoms with E-state index in [2.05, 4.69) is 41.2 Å². The number of fused-ring (bicyclic) bond motifs is 1. The van der Waals surface area contributed by atoms with Gasteiger partial charge in [-0.1, -0.05) is 44.2 Å². The molecule has 26 heavy (non-hydrogen) atoms. The van der Waals surface area contributed by atoms with Crippen molar-refractivity contribution in [3.8, 4) is 0 Å². The molecule has 0 bridgehead atoms. The monoisotopic (exact) mass is 354 g/mol. The van der Waals surface area contributed by atoms with Crippen LogP contribution in [0.5, 0.6) is 0 Å². The summed E-state index contributed by atoms with van der Waals surface area (Å²) in [6, 6.07) is 14.3. The van der Waals surface area contributed by atoms with Crippen LogP contribution in [0, 0.1) is 6.92 Å². The van der Waals surface area contributed by atoms with Crippen molar-refractivity contribution in [2.45, 2.75) is 32.2 Å². The molecule has 0 saturated heterocycles. The van der Waals surface area contributed by atoms with Crippen molar-refractivity contribution in [1.29, 1.82) is 0 Å². The fraction of sp³-hybridized carbons (Fsp3) is 0.429. The molecule has 0 fully saturated rings. The zero-order valence-electron chi connectivity index (χ0n) is 16.3. The molecule has 1 aliphatic heterocycles. The molecule has 1 aromatic carbocycles. The maximum Gasteiger partial charge on any atom is 0.322 e. The largest absolute Gasteiger partial charge is 0.336 e. The van der Waals surface area contributed by atoms with Crippen molar-refractivity contribution in [2.75, 3.05) is 32.1 Å². The Balaban J connectivity index is 0.00000261. The summed E-state index contributed by atoms with van der Waals surface area (Å²) in [4.78, 5) is 21.5. The third kappa shape index (κ3) is 3.58. The number of nitrogens with one attached hydrogen (secondary N) is 1. The van der Waals surface area contributed by atoms with Crippen LogP contribution in [0.4, 0.5) is 10.5 Å². The minimum Gasteiger partial charge on any atom is -0.336 e. The van der Waals surface area contributed by atoms with E-state index in [1.165, 1.54) is 5.56 Å². The van der Waals surface area contributed by atoms with E-state index in [0.29, 0.717) is 13.1 Å². The van der Waals surface area contributed by atoms with Crippen LogP contribution < -0.4 is 10.2 Å². The van der Waals surface area contributed by atoms with Crippen LogP contribution in [0.3, 0.4) is 0 Å². The molecule has 0 aliphatic carbocycles. The molecule has 1 aliphatic rings. The molecular formula is C21H30N4O. The number of hydrogen-bond donors (Lipinski definition) is 1. The molecule has 3 rings (SSSR count). The van der Waals surface area contributed by atoms with Crippen LogP contribution in [-0.2, 0) is 5.41 Å². The average molecular weight is 354 g/mol. The molecule has 0 saturated carbocycles. The predicted octanol–water partition coefficient (Wildman–Crippen LogP) is 3.75. The number of pyridine rings is 1. The second kappa shape index (κ2) is 7.08. The van der Waals surface area contributed by atoms with Gasteiger partial charge in [-0.3, -0.25) is 9.88 Å². The third-order valence-corrected chi connectivity index (χ3v) is 5.00. The summed E-state index contributed by atoms with van der Waals surface area (Å²) >= 11 is 0. The lowest BCUT2D eigenvalue weighted by Gasteiger charge is -2.27. The maximum absolute atomic E-state index is 12.9. The summed E-state index contributed by atoms with van der Waals surface area (Å²) in [6.07, 6.45) is 0. The van der Waals surface area contributed by atoms with E-state index < -0.39 is 0 Å². The molecule has 140 valence electrons. The van der Waals surface area contributed by atoms with Gasteiger partial charge in [0.2, 0.25) is 0 Å². The molecule has 2 amide bonds. The number of rotatable bonds is 4. The predicted molar refractivity (Wildman–Crippen MR) is 108 cm³/mol. The standard InChI is InChI=1S/C21H28N4O.H2/c1-15-11-12-17-19(23-15)21(2,3)14-25(17)20(26)22-13-18(24(4)5)16-9-7-6-8-10-16;/h6-12,18H,13-14H2,1-5H3,(H,22,26);1H/t18-;/m0./s1. The Bertz CT molecular complexity index is 792. The van der Waals surface area contributed by atoms with Gasteiger partial charge in [0.05, 0.1) is 17.4 Å². The Kier molecular flexibility index (Phi) is 5.01. The van der Waals surface area contributed by atoms with E-state index in [1.807, 2.05) is 56.3 Å². The number of nitrogens with zero attached hydrogens (tertiary/aromatic N) is 3. The highest BCUT2D eigenvalue weighted by atomic mass is 16.2. The Morgan fingerprint density at radius 3 is 2.62 bits per heavy atom. The van der Waals surface area contributed by atoms with Gasteiger partial charge in [0.25, 0.3) is 0 Å². The first-order chi connectivity index (χ1) is 12.3. The van der Waals surface area contributed by atoms with Crippen LogP contribution in [0.1, 0.15) is 38.3 Å². The highest BCUT2D eigenvalue weighted by Crippen LogP contribution is 2.39. The van der Waals surface area contributed by atoms with Gasteiger partial charge in [0.1, 0.15) is 0 Å². The second-order valence-electron chi connectivity index (χ2n) is 7.87. The normalized spacial score (nSPS) is 16.5. The van der Waals surface area contributed by atoms with Gasteiger partial charge in [0, 0.05) is 25.6 Å². The van der Waals surface area contributed by atoms with E-state index in [9.17, 15) is 4.79 Å². The van der Waals surface area contributed by atoms with Crippen LogP contribution in [0.2, 0.25) is 0 Å². The highest BCUT2D eigenvalue weighted by molar-refractivity contribution is 5.94. The lowest BCUT2D eigenvalue weighted by atomic mass is 9.91. The van der Waals surface area contributed by atoms with E-state index in [-0.39, 0.29) is 18.9 Å². The molecule has 2 heterocycles. The fourth-order valence-electron chi connectivity index (χ4n) is 3.55. The Morgan fingerprint density at radius 2 is 1.96 bits per heavy atom. The van der Waals surface area contributed by atoms with Crippen molar-refractivity contribution in [3.05, 3.63) is 59.4 Å². The number of benzene rings is 1. The maximum atomic E-state index is 12.9. The number of urea groups is 1. The SMILES string of the molecule is Cc1ccc2c(n1)C(C)(C)CN2C(=O)NC[C@@H](c1ccccc1)N(C)C.[HH]. The molecule has 0 radical (unpaired) electrons. The van der Waals surface area contributed by atoms with Crippen molar-refractivity contribution < 1.29 is 6.22 Å². The summed E-state index contributed by atoms with van der Waals surface area (Å²) < 4.78 is 0. The van der Waals surface area contributed by atoms with Gasteiger partial charge in [-0.2, -0.15) is 0 Å². The zero-order valence-corrected chi connectivity index (χ0v) is 16.3. The highest BCUT2D eigenvalue weighted by Gasteiger charge is 2.39. The van der Waals surface area contributed by atoms with Crippen LogP contribution in [-0.4, -0.2) is 43.1 Å². The number of carbonyl (C=O) groups excluding carboxylic acids is 1. The summed E-state index contributed by atoms with van der Waals surface area (Å²) in [5.74, 6) is 0. The molecule has 0 spiro atoms. The molecule has 1 N–H and O–H groups in total. The summed E-state index contributed by atoms with van der Waals surface area (Å²) in [7, 11) is 4.07.